The van der Waals surface area contributed by atoms with Gasteiger partial charge in [-0.15, -0.1) is 0 Å². The number of nitrogens with one attached hydrogen (secondary N) is 1. The van der Waals surface area contributed by atoms with Crippen molar-refractivity contribution in [1.29, 1.82) is 0 Å². The second-order valence-electron chi connectivity index (χ2n) is 6.79. The maximum atomic E-state index is 12.7. The number of halogens is 2. The van der Waals surface area contributed by atoms with Crippen LogP contribution in [0.5, 0.6) is 0 Å². The Bertz CT molecular complexity index is 1010. The number of benzene rings is 2. The molecule has 0 amide bonds. The van der Waals surface area contributed by atoms with Gasteiger partial charge >= 0.3 is 5.97 Å². The standard InChI is InChI=1S/C21H23Cl2NO5S/c22-16-10-11-18(19(23)14-16)21(27)15-7-6-8-17(13-15)30(28,29)24-12-5-3-1-2-4-9-20(25)26/h6-8,10-11,13-14,24H,1-5,9,12H2,(H,25,26). The van der Waals surface area contributed by atoms with Crippen molar-refractivity contribution in [2.24, 2.45) is 0 Å². The highest BCUT2D eigenvalue weighted by molar-refractivity contribution is 7.89. The third-order valence-corrected chi connectivity index (χ3v) is 6.45. The van der Waals surface area contributed by atoms with Gasteiger partial charge in [0, 0.05) is 29.1 Å². The number of aliphatic carboxylic acids is 1. The molecule has 0 bridgehead atoms. The van der Waals surface area contributed by atoms with Gasteiger partial charge in [-0.05, 0) is 43.2 Å². The van der Waals surface area contributed by atoms with Crippen LogP contribution < -0.4 is 4.72 Å². The molecule has 0 saturated carbocycles. The summed E-state index contributed by atoms with van der Waals surface area (Å²) in [5, 5.41) is 9.18. The highest BCUT2D eigenvalue weighted by Gasteiger charge is 2.18. The second-order valence-corrected chi connectivity index (χ2v) is 9.40. The van der Waals surface area contributed by atoms with E-state index in [2.05, 4.69) is 4.72 Å². The topological polar surface area (TPSA) is 101 Å². The Morgan fingerprint density at radius 2 is 1.63 bits per heavy atom. The normalized spacial score (nSPS) is 11.4. The minimum atomic E-state index is -3.76. The molecule has 9 heteroatoms. The van der Waals surface area contributed by atoms with Crippen molar-refractivity contribution >= 4 is 45.0 Å². The summed E-state index contributed by atoms with van der Waals surface area (Å²) < 4.78 is 27.6. The van der Waals surface area contributed by atoms with Crippen molar-refractivity contribution in [2.75, 3.05) is 6.54 Å². The lowest BCUT2D eigenvalue weighted by atomic mass is 10.0. The molecular formula is C21H23Cl2NO5S. The van der Waals surface area contributed by atoms with Crippen molar-refractivity contribution in [3.8, 4) is 0 Å². The first-order valence-corrected chi connectivity index (χ1v) is 11.8. The molecule has 0 heterocycles. The van der Waals surface area contributed by atoms with E-state index in [1.54, 1.807) is 6.07 Å². The monoisotopic (exact) mass is 471 g/mol. The summed E-state index contributed by atoms with van der Waals surface area (Å²) in [7, 11) is -3.76. The van der Waals surface area contributed by atoms with E-state index in [1.165, 1.54) is 36.4 Å². The van der Waals surface area contributed by atoms with E-state index >= 15 is 0 Å². The molecule has 2 N–H and O–H groups in total. The van der Waals surface area contributed by atoms with E-state index < -0.39 is 21.8 Å². The van der Waals surface area contributed by atoms with Gasteiger partial charge < -0.3 is 5.11 Å². The van der Waals surface area contributed by atoms with Crippen LogP contribution in [0, 0.1) is 0 Å². The van der Waals surface area contributed by atoms with Crippen molar-refractivity contribution in [1.82, 2.24) is 4.72 Å². The van der Waals surface area contributed by atoms with Crippen molar-refractivity contribution in [3.63, 3.8) is 0 Å². The molecule has 0 aliphatic heterocycles. The average Bonchev–Trinajstić information content (AvgIpc) is 2.69. The van der Waals surface area contributed by atoms with Crippen LogP contribution >= 0.6 is 23.2 Å². The number of rotatable bonds is 12. The molecule has 2 rings (SSSR count). The lowest BCUT2D eigenvalue weighted by Gasteiger charge is -2.09. The third-order valence-electron chi connectivity index (χ3n) is 4.44. The minimum absolute atomic E-state index is 0.0000980. The lowest BCUT2D eigenvalue weighted by molar-refractivity contribution is -0.137. The summed E-state index contributed by atoms with van der Waals surface area (Å²) in [6, 6.07) is 10.3. The van der Waals surface area contributed by atoms with E-state index in [-0.39, 0.29) is 34.0 Å². The number of hydrogen-bond donors (Lipinski definition) is 2. The van der Waals surface area contributed by atoms with Gasteiger partial charge in [-0.3, -0.25) is 9.59 Å². The first-order chi connectivity index (χ1) is 14.2. The molecular weight excluding hydrogens is 449 g/mol. The fourth-order valence-corrected chi connectivity index (χ4v) is 4.47. The maximum absolute atomic E-state index is 12.7. The highest BCUT2D eigenvalue weighted by Crippen LogP contribution is 2.24. The zero-order valence-electron chi connectivity index (χ0n) is 16.2. The van der Waals surface area contributed by atoms with Crippen LogP contribution in [0.3, 0.4) is 0 Å². The molecule has 0 fully saturated rings. The van der Waals surface area contributed by atoms with Crippen LogP contribution in [-0.4, -0.2) is 31.8 Å². The molecule has 2 aromatic rings. The molecule has 0 saturated heterocycles. The van der Waals surface area contributed by atoms with Gasteiger partial charge in [0.2, 0.25) is 10.0 Å². The molecule has 162 valence electrons. The molecule has 0 aromatic heterocycles. The smallest absolute Gasteiger partial charge is 0.303 e. The molecule has 0 spiro atoms. The largest absolute Gasteiger partial charge is 0.481 e. The fourth-order valence-electron chi connectivity index (χ4n) is 2.86. The highest BCUT2D eigenvalue weighted by atomic mass is 35.5. The lowest BCUT2D eigenvalue weighted by Crippen LogP contribution is -2.25. The molecule has 2 aromatic carbocycles. The number of hydrogen-bond acceptors (Lipinski definition) is 4. The zero-order valence-corrected chi connectivity index (χ0v) is 18.6. The fraction of sp³-hybridized carbons (Fsp3) is 0.333. The van der Waals surface area contributed by atoms with Gasteiger partial charge in [-0.25, -0.2) is 13.1 Å². The Morgan fingerprint density at radius 1 is 0.933 bits per heavy atom. The van der Waals surface area contributed by atoms with E-state index in [1.807, 2.05) is 0 Å². The first kappa shape index (κ1) is 24.3. The van der Waals surface area contributed by atoms with Gasteiger partial charge in [-0.1, -0.05) is 54.6 Å². The molecule has 0 atom stereocenters. The minimum Gasteiger partial charge on any atom is -0.481 e. The number of carbonyl (C=O) groups is 2. The van der Waals surface area contributed by atoms with Crippen molar-refractivity contribution in [3.05, 3.63) is 63.6 Å². The Morgan fingerprint density at radius 3 is 2.33 bits per heavy atom. The summed E-state index contributed by atoms with van der Waals surface area (Å²) in [5.41, 5.74) is 0.451. The Hall–Kier alpha value is -1.93. The second kappa shape index (κ2) is 11.5. The molecule has 6 nitrogen and oxygen atoms in total. The molecule has 0 unspecified atom stereocenters. The number of carboxylic acids is 1. The predicted octanol–water partition coefficient (Wildman–Crippen LogP) is 4.93. The van der Waals surface area contributed by atoms with E-state index in [9.17, 15) is 18.0 Å². The van der Waals surface area contributed by atoms with Crippen molar-refractivity contribution < 1.29 is 23.1 Å². The van der Waals surface area contributed by atoms with Crippen LogP contribution in [0.2, 0.25) is 10.0 Å². The van der Waals surface area contributed by atoms with Crippen LogP contribution in [0.1, 0.15) is 54.4 Å². The third kappa shape index (κ3) is 7.40. The van der Waals surface area contributed by atoms with Gasteiger partial charge in [-0.2, -0.15) is 0 Å². The molecule has 0 aliphatic rings. The Kier molecular flexibility index (Phi) is 9.30. The van der Waals surface area contributed by atoms with E-state index in [0.717, 1.165) is 19.3 Å². The summed E-state index contributed by atoms with van der Waals surface area (Å²) in [4.78, 5) is 23.2. The number of carboxylic acid groups (broad SMARTS) is 1. The van der Waals surface area contributed by atoms with Crippen LogP contribution in [0.4, 0.5) is 0 Å². The van der Waals surface area contributed by atoms with Crippen LogP contribution in [0.25, 0.3) is 0 Å². The summed E-state index contributed by atoms with van der Waals surface area (Å²) >= 11 is 11.9. The predicted molar refractivity (Wildman–Crippen MR) is 117 cm³/mol. The summed E-state index contributed by atoms with van der Waals surface area (Å²) in [6.07, 6.45) is 3.88. The molecule has 0 aliphatic carbocycles. The number of unbranched alkanes of at least 4 members (excludes halogenated alkanes) is 4. The van der Waals surface area contributed by atoms with E-state index in [0.29, 0.717) is 17.9 Å². The zero-order chi connectivity index (χ0) is 22.1. The first-order valence-electron chi connectivity index (χ1n) is 9.52. The average molecular weight is 472 g/mol. The molecule has 0 radical (unpaired) electrons. The Balaban J connectivity index is 1.94. The van der Waals surface area contributed by atoms with Gasteiger partial charge in [0.15, 0.2) is 5.78 Å². The van der Waals surface area contributed by atoms with Crippen molar-refractivity contribution in [2.45, 2.75) is 43.4 Å². The number of carbonyl (C=O) groups excluding carboxylic acids is 1. The van der Waals surface area contributed by atoms with Gasteiger partial charge in [0.25, 0.3) is 0 Å². The summed E-state index contributed by atoms with van der Waals surface area (Å²) in [6.45, 7) is 0.266. The molecule has 30 heavy (non-hydrogen) atoms. The van der Waals surface area contributed by atoms with Crippen LogP contribution in [0.15, 0.2) is 47.4 Å². The Labute approximate surface area is 186 Å². The van der Waals surface area contributed by atoms with Gasteiger partial charge in [0.1, 0.15) is 0 Å². The van der Waals surface area contributed by atoms with E-state index in [4.69, 9.17) is 28.3 Å². The number of ketones is 1. The maximum Gasteiger partial charge on any atom is 0.303 e. The van der Waals surface area contributed by atoms with Gasteiger partial charge in [0.05, 0.1) is 9.92 Å². The van der Waals surface area contributed by atoms with Crippen LogP contribution in [-0.2, 0) is 14.8 Å². The quantitative estimate of drug-likeness (QED) is 0.337. The SMILES string of the molecule is O=C(O)CCCCCCCNS(=O)(=O)c1cccc(C(=O)c2ccc(Cl)cc2Cl)c1. The number of sulfonamides is 1. The summed E-state index contributed by atoms with van der Waals surface area (Å²) in [5.74, 6) is -1.20.